The van der Waals surface area contributed by atoms with Crippen molar-refractivity contribution in [2.24, 2.45) is 16.5 Å². The van der Waals surface area contributed by atoms with Crippen LogP contribution in [0.3, 0.4) is 0 Å². The molecule has 2 aliphatic rings. The van der Waals surface area contributed by atoms with Gasteiger partial charge in [-0.15, -0.1) is 11.8 Å². The summed E-state index contributed by atoms with van der Waals surface area (Å²) in [5.74, 6) is 0.125. The molecule has 150 valence electrons. The second-order valence-corrected chi connectivity index (χ2v) is 7.51. The van der Waals surface area contributed by atoms with Gasteiger partial charge in [-0.05, 0) is 49.9 Å². The van der Waals surface area contributed by atoms with Crippen LogP contribution >= 0.6 is 11.8 Å². The van der Waals surface area contributed by atoms with E-state index in [9.17, 15) is 4.79 Å². The second kappa shape index (κ2) is 9.03. The van der Waals surface area contributed by atoms with Gasteiger partial charge in [-0.1, -0.05) is 12.1 Å². The summed E-state index contributed by atoms with van der Waals surface area (Å²) < 4.78 is 0. The minimum atomic E-state index is -0.145. The highest BCUT2D eigenvalue weighted by Gasteiger charge is 2.30. The van der Waals surface area contributed by atoms with Crippen molar-refractivity contribution < 1.29 is 4.79 Å². The molecular weight excluding hydrogens is 374 g/mol. The van der Waals surface area contributed by atoms with Crippen LogP contribution in [0.25, 0.3) is 0 Å². The Bertz CT molecular complexity index is 799. The van der Waals surface area contributed by atoms with Crippen LogP contribution in [0.1, 0.15) is 24.9 Å². The lowest BCUT2D eigenvalue weighted by Crippen LogP contribution is -2.51. The first-order valence-electron chi connectivity index (χ1n) is 9.20. The maximum Gasteiger partial charge on any atom is 0.327 e. The summed E-state index contributed by atoms with van der Waals surface area (Å²) in [5.41, 5.74) is 13.7. The largest absolute Gasteiger partial charge is 0.370 e. The third-order valence-electron chi connectivity index (χ3n) is 4.65. The number of benzene rings is 1. The Morgan fingerprint density at radius 2 is 2.07 bits per heavy atom. The number of nitrogens with one attached hydrogen (secondary N) is 3. The maximum atomic E-state index is 12.5. The van der Waals surface area contributed by atoms with E-state index in [1.54, 1.807) is 16.7 Å². The predicted octanol–water partition coefficient (Wildman–Crippen LogP) is 1.55. The summed E-state index contributed by atoms with van der Waals surface area (Å²) in [6, 6.07) is 8.05. The fourth-order valence-corrected chi connectivity index (χ4v) is 3.58. The van der Waals surface area contributed by atoms with E-state index in [0.717, 1.165) is 34.8 Å². The molecule has 9 heteroatoms. The highest BCUT2D eigenvalue weighted by Crippen LogP contribution is 2.27. The molecule has 0 saturated heterocycles. The Morgan fingerprint density at radius 1 is 1.32 bits per heavy atom. The predicted molar refractivity (Wildman–Crippen MR) is 116 cm³/mol. The van der Waals surface area contributed by atoms with Crippen LogP contribution in [0.15, 0.2) is 52.1 Å². The normalized spacial score (nSPS) is 19.1. The summed E-state index contributed by atoms with van der Waals surface area (Å²) in [4.78, 5) is 18.1. The topological polar surface area (TPSA) is 121 Å². The van der Waals surface area contributed by atoms with Crippen LogP contribution in [0, 0.1) is 0 Å². The lowest BCUT2D eigenvalue weighted by atomic mass is 10.1. The number of guanidine groups is 1. The van der Waals surface area contributed by atoms with Gasteiger partial charge in [0.2, 0.25) is 0 Å². The molecule has 0 saturated carbocycles. The number of fused-ring (bicyclic) bond motifs is 1. The number of rotatable bonds is 8. The molecule has 0 spiro atoms. The molecule has 2 unspecified atom stereocenters. The van der Waals surface area contributed by atoms with Crippen LogP contribution in [-0.4, -0.2) is 37.5 Å². The fourth-order valence-electron chi connectivity index (χ4n) is 3.09. The second-order valence-electron chi connectivity index (χ2n) is 6.67. The minimum absolute atomic E-state index is 0.125. The molecule has 2 atom stereocenters. The monoisotopic (exact) mass is 401 g/mol. The third-order valence-corrected chi connectivity index (χ3v) is 5.33. The highest BCUT2D eigenvalue weighted by atomic mass is 32.2. The summed E-state index contributed by atoms with van der Waals surface area (Å²) in [5, 5.41) is 10.7. The van der Waals surface area contributed by atoms with Crippen molar-refractivity contribution in [3.8, 4) is 0 Å². The third kappa shape index (κ3) is 4.79. The van der Waals surface area contributed by atoms with Crippen LogP contribution in [0.4, 0.5) is 10.5 Å². The maximum absolute atomic E-state index is 12.5. The number of anilines is 1. The smallest absolute Gasteiger partial charge is 0.327 e. The molecule has 3 rings (SSSR count). The van der Waals surface area contributed by atoms with Crippen LogP contribution < -0.4 is 32.3 Å². The number of carbonyl (C=O) groups is 1. The van der Waals surface area contributed by atoms with E-state index >= 15 is 0 Å². The number of nitrogens with zero attached hydrogens (tertiary/aromatic N) is 2. The first-order valence-corrected chi connectivity index (χ1v) is 10.4. The van der Waals surface area contributed by atoms with E-state index in [4.69, 9.17) is 11.5 Å². The van der Waals surface area contributed by atoms with Crippen LogP contribution in [-0.2, 0) is 0 Å². The molecule has 0 aliphatic carbocycles. The number of aliphatic imine (C=N–C) groups is 1. The first kappa shape index (κ1) is 20.1. The summed E-state index contributed by atoms with van der Waals surface area (Å²) in [7, 11) is 0. The summed E-state index contributed by atoms with van der Waals surface area (Å²) >= 11 is 1.63. The lowest BCUT2D eigenvalue weighted by Gasteiger charge is -2.29. The van der Waals surface area contributed by atoms with E-state index in [1.165, 1.54) is 0 Å². The Morgan fingerprint density at radius 3 is 2.75 bits per heavy atom. The Kier molecular flexibility index (Phi) is 6.48. The fraction of sp³-hybridized carbons (Fsp3) is 0.368. The van der Waals surface area contributed by atoms with Gasteiger partial charge in [0, 0.05) is 24.4 Å². The zero-order chi connectivity index (χ0) is 20.1. The number of amides is 2. The van der Waals surface area contributed by atoms with Gasteiger partial charge in [0.1, 0.15) is 6.17 Å². The zero-order valence-electron chi connectivity index (χ0n) is 16.1. The lowest BCUT2D eigenvalue weighted by molar-refractivity contribution is 0.244. The first-order chi connectivity index (χ1) is 13.5. The summed E-state index contributed by atoms with van der Waals surface area (Å²) in [6.45, 7) is 3.54. The van der Waals surface area contributed by atoms with Crippen molar-refractivity contribution in [1.29, 1.82) is 0 Å². The molecule has 1 aromatic rings. The van der Waals surface area contributed by atoms with Crippen molar-refractivity contribution in [3.63, 3.8) is 0 Å². The van der Waals surface area contributed by atoms with E-state index in [-0.39, 0.29) is 24.2 Å². The molecule has 0 aromatic heterocycles. The summed E-state index contributed by atoms with van der Waals surface area (Å²) in [6.07, 6.45) is 6.67. The van der Waals surface area contributed by atoms with E-state index in [0.29, 0.717) is 6.54 Å². The van der Waals surface area contributed by atoms with Gasteiger partial charge in [0.15, 0.2) is 5.96 Å². The number of urea groups is 1. The van der Waals surface area contributed by atoms with E-state index in [1.807, 2.05) is 36.7 Å². The van der Waals surface area contributed by atoms with Gasteiger partial charge in [-0.3, -0.25) is 9.89 Å². The van der Waals surface area contributed by atoms with Crippen LogP contribution in [0.5, 0.6) is 0 Å². The molecule has 0 radical (unpaired) electrons. The zero-order valence-corrected chi connectivity index (χ0v) is 16.9. The molecule has 8 nitrogen and oxygen atoms in total. The number of hydrogen-bond donors (Lipinski definition) is 5. The van der Waals surface area contributed by atoms with Crippen molar-refractivity contribution in [2.45, 2.75) is 25.6 Å². The van der Waals surface area contributed by atoms with Crippen molar-refractivity contribution >= 4 is 29.4 Å². The molecule has 1 aromatic carbocycles. The van der Waals surface area contributed by atoms with Gasteiger partial charge in [-0.25, -0.2) is 4.79 Å². The average Bonchev–Trinajstić information content (AvgIpc) is 3.08. The Balaban J connectivity index is 1.61. The molecule has 2 aliphatic heterocycles. The molecule has 0 bridgehead atoms. The quantitative estimate of drug-likeness (QED) is 0.256. The van der Waals surface area contributed by atoms with E-state index in [2.05, 4.69) is 33.9 Å². The van der Waals surface area contributed by atoms with Crippen molar-refractivity contribution in [1.82, 2.24) is 16.0 Å². The molecule has 28 heavy (non-hydrogen) atoms. The van der Waals surface area contributed by atoms with Crippen molar-refractivity contribution in [2.75, 3.05) is 24.2 Å². The average molecular weight is 402 g/mol. The highest BCUT2D eigenvalue weighted by molar-refractivity contribution is 8.02. The standard InChI is InChI=1S/C19H27N7OS/c1-12(22-8-3-9-23-18(20)21)13-4-6-15(7-5-13)26-11-14-10-16(28-2)24-17(14)25-19(26)27/h4-7,10-12,17,22,24H,3,8-9H2,1-2H3,(H,25,27)(H4,20,21,23). The minimum Gasteiger partial charge on any atom is -0.370 e. The van der Waals surface area contributed by atoms with E-state index < -0.39 is 0 Å². The van der Waals surface area contributed by atoms with Crippen molar-refractivity contribution in [3.05, 3.63) is 52.7 Å². The molecule has 7 N–H and O–H groups in total. The van der Waals surface area contributed by atoms with Gasteiger partial charge >= 0.3 is 6.03 Å². The molecular formula is C19H27N7OS. The van der Waals surface area contributed by atoms with Gasteiger partial charge in [-0.2, -0.15) is 0 Å². The Labute approximate surface area is 169 Å². The number of hydrogen-bond acceptors (Lipinski definition) is 5. The molecule has 2 heterocycles. The van der Waals surface area contributed by atoms with Gasteiger partial charge in [0.25, 0.3) is 0 Å². The Hall–Kier alpha value is -2.65. The van der Waals surface area contributed by atoms with Gasteiger partial charge in [0.05, 0.1) is 10.7 Å². The SMILES string of the molecule is CSC1=CC2=CN(c3ccc(C(C)NCCCN=C(N)N)cc3)C(=O)NC2N1. The molecule has 2 amide bonds. The van der Waals surface area contributed by atoms with Gasteiger partial charge < -0.3 is 27.4 Å². The van der Waals surface area contributed by atoms with Crippen LogP contribution in [0.2, 0.25) is 0 Å². The number of nitrogens with two attached hydrogens (primary N) is 2. The number of carbonyl (C=O) groups excluding carboxylic acids is 1. The number of thioether (sulfide) groups is 1. The molecule has 0 fully saturated rings.